The lowest BCUT2D eigenvalue weighted by Gasteiger charge is -1.95. The monoisotopic (exact) mass is 174 g/mol. The van der Waals surface area contributed by atoms with Crippen molar-refractivity contribution < 1.29 is 0 Å². The van der Waals surface area contributed by atoms with E-state index < -0.39 is 0 Å². The molecule has 5 heteroatoms. The van der Waals surface area contributed by atoms with Gasteiger partial charge in [0.1, 0.15) is 5.39 Å². The fourth-order valence-corrected chi connectivity index (χ4v) is 1.29. The largest absolute Gasteiger partial charge is 0.497 e. The number of nitrogens with zero attached hydrogens (tertiary/aromatic N) is 4. The van der Waals surface area contributed by atoms with E-state index in [1.165, 1.54) is 0 Å². The standard InChI is InChI=1S/C8H8N5/c1-4-3-10-7-6(5(4)2)8(11-9)13-12-7/h3H,1-2H3,(H,10,12,13)/q+1. The minimum Gasteiger partial charge on any atom is -0.235 e. The van der Waals surface area contributed by atoms with Gasteiger partial charge in [0, 0.05) is 11.2 Å². The molecule has 0 aliphatic heterocycles. The second-order valence-electron chi connectivity index (χ2n) is 2.94. The van der Waals surface area contributed by atoms with Gasteiger partial charge >= 0.3 is 5.82 Å². The lowest BCUT2D eigenvalue weighted by atomic mass is 10.1. The number of pyridine rings is 1. The molecule has 0 unspecified atom stereocenters. The maximum atomic E-state index is 8.65. The van der Waals surface area contributed by atoms with Crippen molar-refractivity contribution in [2.75, 3.05) is 0 Å². The van der Waals surface area contributed by atoms with E-state index in [-0.39, 0.29) is 0 Å². The van der Waals surface area contributed by atoms with Crippen LogP contribution in [0, 0.1) is 19.2 Å². The summed E-state index contributed by atoms with van der Waals surface area (Å²) in [5.41, 5.74) is 2.74. The topological polar surface area (TPSA) is 69.7 Å². The van der Waals surface area contributed by atoms with Gasteiger partial charge in [-0.1, -0.05) is 0 Å². The molecule has 0 spiro atoms. The third kappa shape index (κ3) is 0.957. The molecule has 1 N–H and O–H groups in total. The number of aromatic nitrogens is 3. The molecular weight excluding hydrogens is 166 g/mol. The molecule has 0 saturated carbocycles. The van der Waals surface area contributed by atoms with Crippen molar-refractivity contribution in [2.45, 2.75) is 13.8 Å². The van der Waals surface area contributed by atoms with Crippen LogP contribution in [0.15, 0.2) is 6.20 Å². The first kappa shape index (κ1) is 7.68. The zero-order valence-electron chi connectivity index (χ0n) is 7.37. The van der Waals surface area contributed by atoms with Crippen LogP contribution in [0.3, 0.4) is 0 Å². The van der Waals surface area contributed by atoms with Gasteiger partial charge in [-0.3, -0.25) is 0 Å². The van der Waals surface area contributed by atoms with E-state index in [1.807, 2.05) is 13.8 Å². The summed E-state index contributed by atoms with van der Waals surface area (Å²) in [6, 6.07) is 0. The van der Waals surface area contributed by atoms with Crippen molar-refractivity contribution in [1.29, 1.82) is 5.39 Å². The number of diazo groups is 1. The van der Waals surface area contributed by atoms with Crippen molar-refractivity contribution in [3.05, 3.63) is 22.3 Å². The van der Waals surface area contributed by atoms with Crippen molar-refractivity contribution in [3.8, 4) is 0 Å². The number of aromatic amines is 1. The third-order valence-electron chi connectivity index (χ3n) is 2.18. The molecular formula is C8H8N5+. The van der Waals surface area contributed by atoms with Gasteiger partial charge in [0.15, 0.2) is 5.65 Å². The van der Waals surface area contributed by atoms with Crippen molar-refractivity contribution in [3.63, 3.8) is 0 Å². The number of H-pyrrole nitrogens is 1. The zero-order chi connectivity index (χ0) is 9.42. The average Bonchev–Trinajstić information content (AvgIpc) is 2.55. The van der Waals surface area contributed by atoms with Crippen LogP contribution in [0.2, 0.25) is 0 Å². The van der Waals surface area contributed by atoms with Crippen LogP contribution in [0.4, 0.5) is 5.82 Å². The molecule has 2 aromatic rings. The summed E-state index contributed by atoms with van der Waals surface area (Å²) in [4.78, 5) is 7.20. The Morgan fingerprint density at radius 2 is 2.23 bits per heavy atom. The van der Waals surface area contributed by atoms with Gasteiger partial charge in [0.25, 0.3) is 0 Å². The summed E-state index contributed by atoms with van der Waals surface area (Å²) < 4.78 is 0. The van der Waals surface area contributed by atoms with Gasteiger partial charge in [-0.05, 0) is 25.0 Å². The first-order valence-corrected chi connectivity index (χ1v) is 3.89. The minimum absolute atomic E-state index is 0.295. The molecule has 5 nitrogen and oxygen atoms in total. The number of hydrogen-bond donors (Lipinski definition) is 1. The van der Waals surface area contributed by atoms with Gasteiger partial charge in [0.2, 0.25) is 0 Å². The second-order valence-corrected chi connectivity index (χ2v) is 2.94. The molecule has 64 valence electrons. The Kier molecular flexibility index (Phi) is 1.49. The third-order valence-corrected chi connectivity index (χ3v) is 2.18. The Balaban J connectivity index is 2.95. The van der Waals surface area contributed by atoms with Crippen molar-refractivity contribution >= 4 is 16.9 Å². The Bertz CT molecular complexity index is 505. The van der Waals surface area contributed by atoms with E-state index in [9.17, 15) is 0 Å². The Labute approximate surface area is 74.4 Å². The normalized spacial score (nSPS) is 10.2. The van der Waals surface area contributed by atoms with Crippen LogP contribution in [0.5, 0.6) is 0 Å². The summed E-state index contributed by atoms with van der Waals surface area (Å²) in [5, 5.41) is 15.9. The molecule has 0 aromatic carbocycles. The highest BCUT2D eigenvalue weighted by atomic mass is 15.2. The summed E-state index contributed by atoms with van der Waals surface area (Å²) in [5.74, 6) is 0.295. The zero-order valence-corrected chi connectivity index (χ0v) is 7.37. The summed E-state index contributed by atoms with van der Waals surface area (Å²) in [6.07, 6.45) is 1.76. The molecule has 13 heavy (non-hydrogen) atoms. The quantitative estimate of drug-likeness (QED) is 0.621. The van der Waals surface area contributed by atoms with E-state index in [0.717, 1.165) is 16.5 Å². The van der Waals surface area contributed by atoms with Gasteiger partial charge < -0.3 is 0 Å². The van der Waals surface area contributed by atoms with E-state index >= 15 is 0 Å². The maximum Gasteiger partial charge on any atom is 0.497 e. The van der Waals surface area contributed by atoms with Crippen LogP contribution in [0.25, 0.3) is 16.0 Å². The van der Waals surface area contributed by atoms with E-state index in [2.05, 4.69) is 20.2 Å². The summed E-state index contributed by atoms with van der Waals surface area (Å²) in [6.45, 7) is 3.90. The first-order valence-electron chi connectivity index (χ1n) is 3.89. The summed E-state index contributed by atoms with van der Waals surface area (Å²) >= 11 is 0. The molecule has 2 rings (SSSR count). The van der Waals surface area contributed by atoms with Gasteiger partial charge in [-0.15, -0.1) is 0 Å². The van der Waals surface area contributed by atoms with Crippen LogP contribution >= 0.6 is 0 Å². The predicted molar refractivity (Wildman–Crippen MR) is 48.1 cm³/mol. The summed E-state index contributed by atoms with van der Waals surface area (Å²) in [7, 11) is 0. The lowest BCUT2D eigenvalue weighted by molar-refractivity contribution is 1.10. The van der Waals surface area contributed by atoms with Crippen LogP contribution in [-0.2, 0) is 0 Å². The molecule has 0 radical (unpaired) electrons. The Hall–Kier alpha value is -1.96. The highest BCUT2D eigenvalue weighted by Crippen LogP contribution is 2.26. The van der Waals surface area contributed by atoms with E-state index in [1.54, 1.807) is 6.20 Å². The molecule has 0 bridgehead atoms. The number of rotatable bonds is 0. The van der Waals surface area contributed by atoms with Gasteiger partial charge in [0.05, 0.1) is 10.5 Å². The molecule has 0 amide bonds. The fraction of sp³-hybridized carbons (Fsp3) is 0.250. The Morgan fingerprint density at radius 1 is 1.46 bits per heavy atom. The molecule has 0 aliphatic rings. The highest BCUT2D eigenvalue weighted by Gasteiger charge is 2.20. The van der Waals surface area contributed by atoms with E-state index in [4.69, 9.17) is 5.39 Å². The van der Waals surface area contributed by atoms with Gasteiger partial charge in [-0.2, -0.15) is 5.10 Å². The molecule has 0 atom stereocenters. The molecule has 2 aromatic heterocycles. The Morgan fingerprint density at radius 3 is 2.92 bits per heavy atom. The molecule has 2 heterocycles. The first-order chi connectivity index (χ1) is 6.24. The second kappa shape index (κ2) is 2.52. The van der Waals surface area contributed by atoms with Crippen LogP contribution in [0.1, 0.15) is 11.1 Å². The highest BCUT2D eigenvalue weighted by molar-refractivity contribution is 5.90. The predicted octanol–water partition coefficient (Wildman–Crippen LogP) is 2.06. The maximum absolute atomic E-state index is 8.65. The lowest BCUT2D eigenvalue weighted by Crippen LogP contribution is -1.84. The fourth-order valence-electron chi connectivity index (χ4n) is 1.29. The van der Waals surface area contributed by atoms with Crippen LogP contribution < -0.4 is 0 Å². The molecule has 0 fully saturated rings. The van der Waals surface area contributed by atoms with Crippen LogP contribution in [-0.4, -0.2) is 15.2 Å². The number of fused-ring (bicyclic) bond motifs is 1. The SMILES string of the molecule is Cc1cnc2[nH]nc([N+]#N)c2c1C. The van der Waals surface area contributed by atoms with Crippen molar-refractivity contribution in [2.24, 2.45) is 0 Å². The van der Waals surface area contributed by atoms with Gasteiger partial charge in [-0.25, -0.2) is 4.98 Å². The van der Waals surface area contributed by atoms with E-state index in [0.29, 0.717) is 11.5 Å². The number of hydrogen-bond acceptors (Lipinski definition) is 3. The molecule has 0 aliphatic carbocycles. The number of aryl methyl sites for hydroxylation is 2. The average molecular weight is 174 g/mol. The smallest absolute Gasteiger partial charge is 0.235 e. The number of nitrogens with one attached hydrogen (secondary N) is 1. The minimum atomic E-state index is 0.295. The molecule has 0 saturated heterocycles. The van der Waals surface area contributed by atoms with Crippen molar-refractivity contribution in [1.82, 2.24) is 15.2 Å².